The third-order valence-electron chi connectivity index (χ3n) is 4.25. The molecule has 0 spiro atoms. The van der Waals surface area contributed by atoms with Gasteiger partial charge in [-0.1, -0.05) is 60.7 Å². The molecule has 0 aromatic heterocycles. The number of nitrogens with zero attached hydrogens (tertiary/aromatic N) is 1. The van der Waals surface area contributed by atoms with Crippen LogP contribution in [0, 0.1) is 0 Å². The summed E-state index contributed by atoms with van der Waals surface area (Å²) in [5.74, 6) is -0.234. The van der Waals surface area contributed by atoms with Crippen molar-refractivity contribution in [3.8, 4) is 0 Å². The molecule has 0 unspecified atom stereocenters. The normalized spacial score (nSPS) is 13.6. The third kappa shape index (κ3) is 3.51. The lowest BCUT2D eigenvalue weighted by Gasteiger charge is -2.24. The van der Waals surface area contributed by atoms with Crippen molar-refractivity contribution in [2.75, 3.05) is 19.7 Å². The van der Waals surface area contributed by atoms with Crippen molar-refractivity contribution in [3.63, 3.8) is 0 Å². The Balaban J connectivity index is 2.21. The van der Waals surface area contributed by atoms with Gasteiger partial charge in [0, 0.05) is 18.7 Å². The quantitative estimate of drug-likeness (QED) is 0.613. The summed E-state index contributed by atoms with van der Waals surface area (Å²) >= 11 is 0. The average molecular weight is 321 g/mol. The summed E-state index contributed by atoms with van der Waals surface area (Å²) in [6.07, 6.45) is 2.22. The Bertz CT molecular complexity index is 660. The summed E-state index contributed by atoms with van der Waals surface area (Å²) < 4.78 is 5.40. The van der Waals surface area contributed by atoms with Gasteiger partial charge in [-0.15, -0.1) is 0 Å². The Morgan fingerprint density at radius 3 is 1.88 bits per heavy atom. The van der Waals surface area contributed by atoms with Crippen molar-refractivity contribution in [2.24, 2.45) is 0 Å². The van der Waals surface area contributed by atoms with Gasteiger partial charge < -0.3 is 9.64 Å². The number of benzene rings is 2. The van der Waals surface area contributed by atoms with E-state index in [9.17, 15) is 4.79 Å². The summed E-state index contributed by atoms with van der Waals surface area (Å²) in [5, 5.41) is 0. The highest BCUT2D eigenvalue weighted by Crippen LogP contribution is 2.31. The molecule has 0 radical (unpaired) electrons. The Morgan fingerprint density at radius 1 is 0.917 bits per heavy atom. The van der Waals surface area contributed by atoms with Crippen molar-refractivity contribution in [1.29, 1.82) is 0 Å². The van der Waals surface area contributed by atoms with E-state index in [2.05, 4.69) is 29.2 Å². The summed E-state index contributed by atoms with van der Waals surface area (Å²) in [7, 11) is 0. The predicted octanol–water partition coefficient (Wildman–Crippen LogP) is 4.10. The van der Waals surface area contributed by atoms with Crippen LogP contribution in [0.2, 0.25) is 0 Å². The zero-order valence-corrected chi connectivity index (χ0v) is 14.1. The van der Waals surface area contributed by atoms with Crippen LogP contribution < -0.4 is 0 Å². The maximum absolute atomic E-state index is 12.8. The standard InChI is InChI=1S/C21H23NO2/c1-2-24-21(23)20(22-15-9-10-16-22)19(17-11-5-3-6-12-17)18-13-7-4-8-14-18/h3-8,11-14H,2,9-10,15-16H2,1H3. The van der Waals surface area contributed by atoms with Gasteiger partial charge in [-0.3, -0.25) is 0 Å². The van der Waals surface area contributed by atoms with Crippen molar-refractivity contribution in [2.45, 2.75) is 19.8 Å². The Morgan fingerprint density at radius 2 is 1.42 bits per heavy atom. The number of carbonyl (C=O) groups excluding carboxylic acids is 1. The Labute approximate surface area is 143 Å². The zero-order valence-electron chi connectivity index (χ0n) is 14.1. The maximum atomic E-state index is 12.8. The van der Waals surface area contributed by atoms with Crippen LogP contribution in [0.5, 0.6) is 0 Å². The second-order valence-electron chi connectivity index (χ2n) is 5.87. The molecule has 0 aliphatic carbocycles. The fourth-order valence-electron chi connectivity index (χ4n) is 3.18. The molecule has 1 fully saturated rings. The summed E-state index contributed by atoms with van der Waals surface area (Å²) in [6, 6.07) is 20.2. The molecule has 3 nitrogen and oxygen atoms in total. The molecular formula is C21H23NO2. The van der Waals surface area contributed by atoms with Gasteiger partial charge in [0.05, 0.1) is 6.61 Å². The van der Waals surface area contributed by atoms with Gasteiger partial charge in [-0.05, 0) is 30.9 Å². The summed E-state index contributed by atoms with van der Waals surface area (Å²) in [5.41, 5.74) is 3.72. The molecule has 3 heteroatoms. The molecule has 24 heavy (non-hydrogen) atoms. The van der Waals surface area contributed by atoms with Crippen LogP contribution in [0.25, 0.3) is 5.57 Å². The smallest absolute Gasteiger partial charge is 0.355 e. The first-order valence-electron chi connectivity index (χ1n) is 8.58. The van der Waals surface area contributed by atoms with Gasteiger partial charge >= 0.3 is 5.97 Å². The number of hydrogen-bond donors (Lipinski definition) is 0. The molecule has 2 aromatic carbocycles. The van der Waals surface area contributed by atoms with E-state index in [1.165, 1.54) is 0 Å². The summed E-state index contributed by atoms with van der Waals surface area (Å²) in [4.78, 5) is 15.0. The molecular weight excluding hydrogens is 298 g/mol. The van der Waals surface area contributed by atoms with Crippen LogP contribution >= 0.6 is 0 Å². The highest BCUT2D eigenvalue weighted by molar-refractivity contribution is 6.01. The van der Waals surface area contributed by atoms with E-state index in [-0.39, 0.29) is 5.97 Å². The van der Waals surface area contributed by atoms with Crippen LogP contribution in [0.4, 0.5) is 0 Å². The number of likely N-dealkylation sites (tertiary alicyclic amines) is 1. The predicted molar refractivity (Wildman–Crippen MR) is 96.3 cm³/mol. The zero-order chi connectivity index (χ0) is 16.8. The minimum Gasteiger partial charge on any atom is -0.461 e. The molecule has 3 rings (SSSR count). The number of esters is 1. The maximum Gasteiger partial charge on any atom is 0.355 e. The number of hydrogen-bond acceptors (Lipinski definition) is 3. The molecule has 0 bridgehead atoms. The van der Waals surface area contributed by atoms with Crippen molar-refractivity contribution in [3.05, 3.63) is 77.5 Å². The minimum atomic E-state index is -0.234. The molecule has 1 aliphatic rings. The van der Waals surface area contributed by atoms with Crippen molar-refractivity contribution < 1.29 is 9.53 Å². The number of carbonyl (C=O) groups is 1. The molecule has 2 aromatic rings. The van der Waals surface area contributed by atoms with Crippen LogP contribution in [0.1, 0.15) is 30.9 Å². The van der Waals surface area contributed by atoms with Gasteiger partial charge in [-0.25, -0.2) is 4.79 Å². The Hall–Kier alpha value is -2.55. The molecule has 1 saturated heterocycles. The first kappa shape index (κ1) is 16.3. The lowest BCUT2D eigenvalue weighted by Crippen LogP contribution is -2.27. The summed E-state index contributed by atoms with van der Waals surface area (Å²) in [6.45, 7) is 4.03. The SMILES string of the molecule is CCOC(=O)C(=C(c1ccccc1)c1ccccc1)N1CCCC1. The molecule has 0 saturated carbocycles. The van der Waals surface area contributed by atoms with E-state index in [1.54, 1.807) is 0 Å². The van der Waals surface area contributed by atoms with Crippen molar-refractivity contribution in [1.82, 2.24) is 4.90 Å². The molecule has 0 atom stereocenters. The molecule has 1 aliphatic heterocycles. The van der Waals surface area contributed by atoms with E-state index < -0.39 is 0 Å². The number of rotatable bonds is 5. The van der Waals surface area contributed by atoms with Gasteiger partial charge in [-0.2, -0.15) is 0 Å². The third-order valence-corrected chi connectivity index (χ3v) is 4.25. The first-order chi connectivity index (χ1) is 11.8. The Kier molecular flexibility index (Phi) is 5.32. The molecule has 0 N–H and O–H groups in total. The van der Waals surface area contributed by atoms with Crippen LogP contribution in [-0.4, -0.2) is 30.6 Å². The average Bonchev–Trinajstić information content (AvgIpc) is 3.15. The van der Waals surface area contributed by atoms with Gasteiger partial charge in [0.2, 0.25) is 0 Å². The van der Waals surface area contributed by atoms with Gasteiger partial charge in [0.1, 0.15) is 5.70 Å². The van der Waals surface area contributed by atoms with E-state index in [4.69, 9.17) is 4.74 Å². The second kappa shape index (κ2) is 7.82. The topological polar surface area (TPSA) is 29.5 Å². The van der Waals surface area contributed by atoms with Crippen molar-refractivity contribution >= 4 is 11.5 Å². The fourth-order valence-corrected chi connectivity index (χ4v) is 3.18. The molecule has 1 heterocycles. The minimum absolute atomic E-state index is 0.234. The van der Waals surface area contributed by atoms with E-state index in [1.807, 2.05) is 43.3 Å². The van der Waals surface area contributed by atoms with Crippen LogP contribution in [0.3, 0.4) is 0 Å². The van der Waals surface area contributed by atoms with Crippen LogP contribution in [0.15, 0.2) is 66.4 Å². The monoisotopic (exact) mass is 321 g/mol. The van der Waals surface area contributed by atoms with E-state index >= 15 is 0 Å². The largest absolute Gasteiger partial charge is 0.461 e. The highest BCUT2D eigenvalue weighted by Gasteiger charge is 2.27. The lowest BCUT2D eigenvalue weighted by atomic mass is 9.95. The molecule has 124 valence electrons. The fraction of sp³-hybridized carbons (Fsp3) is 0.286. The van der Waals surface area contributed by atoms with Crippen LogP contribution in [-0.2, 0) is 9.53 Å². The van der Waals surface area contributed by atoms with Gasteiger partial charge in [0.15, 0.2) is 0 Å². The number of ether oxygens (including phenoxy) is 1. The second-order valence-corrected chi connectivity index (χ2v) is 5.87. The highest BCUT2D eigenvalue weighted by atomic mass is 16.5. The molecule has 0 amide bonds. The first-order valence-corrected chi connectivity index (χ1v) is 8.58. The van der Waals surface area contributed by atoms with E-state index in [0.717, 1.165) is 42.6 Å². The lowest BCUT2D eigenvalue weighted by molar-refractivity contribution is -0.140. The van der Waals surface area contributed by atoms with Gasteiger partial charge in [0.25, 0.3) is 0 Å². The van der Waals surface area contributed by atoms with E-state index in [0.29, 0.717) is 12.3 Å².